The lowest BCUT2D eigenvalue weighted by Crippen LogP contribution is -2.29. The molecule has 82 valence electrons. The molecule has 0 aliphatic carbocycles. The molecule has 0 spiro atoms. The molecule has 16 heavy (non-hydrogen) atoms. The molecule has 1 heterocycles. The molecule has 0 aromatic heterocycles. The fraction of sp³-hybridized carbons (Fsp3) is 0.182. The Bertz CT molecular complexity index is 468. The number of carbonyl (C=O) groups is 2. The molecule has 1 aromatic carbocycles. The number of amides is 1. The van der Waals surface area contributed by atoms with E-state index in [2.05, 4.69) is 10.3 Å². The predicted octanol–water partition coefficient (Wildman–Crippen LogP) is 0.947. The topological polar surface area (TPSA) is 67.8 Å². The molecule has 1 N–H and O–H groups in total. The zero-order valence-electron chi connectivity index (χ0n) is 8.64. The molecule has 1 aliphatic heterocycles. The van der Waals surface area contributed by atoms with Gasteiger partial charge in [0.05, 0.1) is 0 Å². The van der Waals surface area contributed by atoms with Crippen molar-refractivity contribution >= 4 is 23.8 Å². The van der Waals surface area contributed by atoms with Gasteiger partial charge in [-0.05, 0) is 6.07 Å². The number of nitrogens with zero attached hydrogens (tertiary/aromatic N) is 1. The van der Waals surface area contributed by atoms with Gasteiger partial charge in [0.1, 0.15) is 0 Å². The number of fused-ring (bicyclic) bond motifs is 1. The van der Waals surface area contributed by atoms with Crippen LogP contribution in [0.1, 0.15) is 12.5 Å². The van der Waals surface area contributed by atoms with Gasteiger partial charge in [0.15, 0.2) is 0 Å². The van der Waals surface area contributed by atoms with Gasteiger partial charge in [-0.3, -0.25) is 9.59 Å². The number of para-hydroxylation sites is 1. The largest absolute Gasteiger partial charge is 0.430 e. The number of rotatable bonds is 1. The summed E-state index contributed by atoms with van der Waals surface area (Å²) in [6, 6.07) is 7.22. The van der Waals surface area contributed by atoms with Crippen LogP contribution in [0.15, 0.2) is 29.3 Å². The lowest BCUT2D eigenvalue weighted by Gasteiger charge is -2.10. The van der Waals surface area contributed by atoms with Crippen LogP contribution in [-0.2, 0) is 14.3 Å². The number of hydrogen-bond acceptors (Lipinski definition) is 4. The molecule has 1 aliphatic rings. The first-order valence-corrected chi connectivity index (χ1v) is 4.77. The van der Waals surface area contributed by atoms with Gasteiger partial charge in [-0.25, -0.2) is 4.99 Å². The molecular formula is C11H10N2O3. The highest BCUT2D eigenvalue weighted by Gasteiger charge is 2.22. The molecule has 1 atom stereocenters. The van der Waals surface area contributed by atoms with Gasteiger partial charge in [-0.1, -0.05) is 18.2 Å². The molecule has 1 amide bonds. The van der Waals surface area contributed by atoms with Crippen molar-refractivity contribution in [1.29, 1.82) is 0 Å². The number of hydrogen-bond donors (Lipinski definition) is 1. The third-order valence-corrected chi connectivity index (χ3v) is 2.07. The van der Waals surface area contributed by atoms with E-state index in [0.29, 0.717) is 5.69 Å². The molecule has 0 fully saturated rings. The summed E-state index contributed by atoms with van der Waals surface area (Å²) in [4.78, 5) is 26.3. The summed E-state index contributed by atoms with van der Waals surface area (Å²) in [5, 5.41) is 2.64. The van der Waals surface area contributed by atoms with Gasteiger partial charge in [-0.15, -0.1) is 0 Å². The van der Waals surface area contributed by atoms with E-state index in [4.69, 9.17) is 4.74 Å². The van der Waals surface area contributed by atoms with Crippen LogP contribution in [0, 0.1) is 0 Å². The van der Waals surface area contributed by atoms with E-state index in [1.165, 1.54) is 13.1 Å². The number of nitrogens with one attached hydrogen (secondary N) is 1. The second-order valence-electron chi connectivity index (χ2n) is 3.32. The molecule has 0 bridgehead atoms. The van der Waals surface area contributed by atoms with Gasteiger partial charge < -0.3 is 10.1 Å². The van der Waals surface area contributed by atoms with Crippen molar-refractivity contribution in [1.82, 2.24) is 0 Å². The third kappa shape index (κ3) is 2.08. The molecule has 0 radical (unpaired) electrons. The Labute approximate surface area is 92.1 Å². The maximum absolute atomic E-state index is 11.6. The maximum Gasteiger partial charge on any atom is 0.305 e. The minimum atomic E-state index is -1.11. The summed E-state index contributed by atoms with van der Waals surface area (Å²) in [5.41, 5.74) is 1.44. The van der Waals surface area contributed by atoms with E-state index in [1.54, 1.807) is 12.1 Å². The van der Waals surface area contributed by atoms with Crippen LogP contribution in [0.5, 0.6) is 0 Å². The Balaban J connectivity index is 2.28. The molecule has 1 unspecified atom stereocenters. The Morgan fingerprint density at radius 2 is 2.19 bits per heavy atom. The number of ether oxygens (including phenoxy) is 1. The van der Waals surface area contributed by atoms with E-state index < -0.39 is 18.1 Å². The fourth-order valence-electron chi connectivity index (χ4n) is 1.37. The summed E-state index contributed by atoms with van der Waals surface area (Å²) < 4.78 is 4.77. The van der Waals surface area contributed by atoms with E-state index in [-0.39, 0.29) is 0 Å². The maximum atomic E-state index is 11.6. The number of esters is 1. The number of carbonyl (C=O) groups excluding carboxylic acids is 2. The fourth-order valence-corrected chi connectivity index (χ4v) is 1.37. The highest BCUT2D eigenvalue weighted by Crippen LogP contribution is 2.16. The highest BCUT2D eigenvalue weighted by molar-refractivity contribution is 6.03. The van der Waals surface area contributed by atoms with Crippen LogP contribution in [0.2, 0.25) is 0 Å². The van der Waals surface area contributed by atoms with Crippen LogP contribution in [-0.4, -0.2) is 24.3 Å². The summed E-state index contributed by atoms with van der Waals surface area (Å²) in [6.45, 7) is 1.24. The summed E-state index contributed by atoms with van der Waals surface area (Å²) in [7, 11) is 0. The normalized spacial score (nSPS) is 18.3. The number of benzene rings is 1. The Morgan fingerprint density at radius 3 is 2.94 bits per heavy atom. The summed E-state index contributed by atoms with van der Waals surface area (Å²) >= 11 is 0. The van der Waals surface area contributed by atoms with Crippen molar-refractivity contribution in [3.05, 3.63) is 29.8 Å². The molecule has 5 heteroatoms. The van der Waals surface area contributed by atoms with Gasteiger partial charge >= 0.3 is 5.97 Å². The van der Waals surface area contributed by atoms with Crippen molar-refractivity contribution in [2.24, 2.45) is 4.99 Å². The van der Waals surface area contributed by atoms with E-state index in [1.807, 2.05) is 12.1 Å². The first kappa shape index (κ1) is 10.4. The summed E-state index contributed by atoms with van der Waals surface area (Å²) in [5.74, 6) is -0.986. The lowest BCUT2D eigenvalue weighted by molar-refractivity contribution is -0.151. The lowest BCUT2D eigenvalue weighted by atomic mass is 10.2. The van der Waals surface area contributed by atoms with E-state index >= 15 is 0 Å². The van der Waals surface area contributed by atoms with Crippen molar-refractivity contribution < 1.29 is 14.3 Å². The third-order valence-electron chi connectivity index (χ3n) is 2.07. The second kappa shape index (κ2) is 4.14. The molecule has 2 rings (SSSR count). The van der Waals surface area contributed by atoms with Crippen LogP contribution in [0.4, 0.5) is 5.69 Å². The van der Waals surface area contributed by atoms with Gasteiger partial charge in [0.2, 0.25) is 0 Å². The SMILES string of the molecule is CC(=O)OC1N=Cc2ccccc2NC1=O. The number of aliphatic imine (C=N–C) groups is 1. The predicted molar refractivity (Wildman–Crippen MR) is 58.2 cm³/mol. The molecule has 0 saturated heterocycles. The van der Waals surface area contributed by atoms with E-state index in [9.17, 15) is 9.59 Å². The Kier molecular flexibility index (Phi) is 2.68. The smallest absolute Gasteiger partial charge is 0.305 e. The number of benzodiazepines with no additional fused rings is 1. The minimum Gasteiger partial charge on any atom is -0.430 e. The average Bonchev–Trinajstić information content (AvgIpc) is 2.39. The van der Waals surface area contributed by atoms with Gasteiger partial charge in [0, 0.05) is 24.4 Å². The van der Waals surface area contributed by atoms with Crippen LogP contribution in [0.3, 0.4) is 0 Å². The zero-order chi connectivity index (χ0) is 11.5. The van der Waals surface area contributed by atoms with Crippen molar-refractivity contribution in [2.75, 3.05) is 5.32 Å². The average molecular weight is 218 g/mol. The van der Waals surface area contributed by atoms with Gasteiger partial charge in [0.25, 0.3) is 12.1 Å². The van der Waals surface area contributed by atoms with Crippen molar-refractivity contribution in [2.45, 2.75) is 13.2 Å². The monoisotopic (exact) mass is 218 g/mol. The van der Waals surface area contributed by atoms with Crippen LogP contribution in [0.25, 0.3) is 0 Å². The minimum absolute atomic E-state index is 0.448. The Hall–Kier alpha value is -2.17. The van der Waals surface area contributed by atoms with Crippen LogP contribution >= 0.6 is 0 Å². The van der Waals surface area contributed by atoms with Crippen molar-refractivity contribution in [3.8, 4) is 0 Å². The quantitative estimate of drug-likeness (QED) is 0.713. The molecule has 5 nitrogen and oxygen atoms in total. The van der Waals surface area contributed by atoms with E-state index in [0.717, 1.165) is 5.56 Å². The Morgan fingerprint density at radius 1 is 1.44 bits per heavy atom. The first-order chi connectivity index (χ1) is 7.66. The number of anilines is 1. The standard InChI is InChI=1S/C11H10N2O3/c1-7(14)16-11-10(15)13-9-5-3-2-4-8(9)6-12-11/h2-6,11H,1H3,(H,13,15). The molecule has 0 saturated carbocycles. The zero-order valence-corrected chi connectivity index (χ0v) is 8.64. The second-order valence-corrected chi connectivity index (χ2v) is 3.32. The summed E-state index contributed by atoms with van der Waals surface area (Å²) in [6.07, 6.45) is 0.408. The molecular weight excluding hydrogens is 208 g/mol. The first-order valence-electron chi connectivity index (χ1n) is 4.77. The molecule has 1 aromatic rings. The van der Waals surface area contributed by atoms with Crippen LogP contribution < -0.4 is 5.32 Å². The van der Waals surface area contributed by atoms with Crippen molar-refractivity contribution in [3.63, 3.8) is 0 Å². The van der Waals surface area contributed by atoms with Gasteiger partial charge in [-0.2, -0.15) is 0 Å². The highest BCUT2D eigenvalue weighted by atomic mass is 16.6.